The number of halogens is 2. The molecule has 0 unspecified atom stereocenters. The maximum absolute atomic E-state index is 15.9. The average molecular weight is 619 g/mol. The van der Waals surface area contributed by atoms with E-state index in [0.29, 0.717) is 40.4 Å². The minimum absolute atomic E-state index is 0.0224. The van der Waals surface area contributed by atoms with Gasteiger partial charge in [-0.1, -0.05) is 6.58 Å². The van der Waals surface area contributed by atoms with Crippen LogP contribution in [0.15, 0.2) is 54.7 Å². The van der Waals surface area contributed by atoms with Crippen molar-refractivity contribution in [1.82, 2.24) is 29.4 Å². The van der Waals surface area contributed by atoms with E-state index < -0.39 is 17.7 Å². The van der Waals surface area contributed by atoms with Crippen LogP contribution in [0.5, 0.6) is 5.75 Å². The van der Waals surface area contributed by atoms with Crippen molar-refractivity contribution >= 4 is 27.3 Å². The summed E-state index contributed by atoms with van der Waals surface area (Å²) in [5.41, 5.74) is 3.46. The second-order valence-electron chi connectivity index (χ2n) is 11.3. The van der Waals surface area contributed by atoms with Gasteiger partial charge in [-0.15, -0.1) is 11.3 Å². The Kier molecular flexibility index (Phi) is 7.80. The van der Waals surface area contributed by atoms with Crippen LogP contribution in [-0.2, 0) is 17.9 Å². The zero-order valence-electron chi connectivity index (χ0n) is 24.8. The third-order valence-electron chi connectivity index (χ3n) is 7.63. The second-order valence-corrected chi connectivity index (χ2v) is 12.2. The van der Waals surface area contributed by atoms with Crippen molar-refractivity contribution < 1.29 is 23.4 Å². The lowest BCUT2D eigenvalue weighted by Crippen LogP contribution is -2.44. The average Bonchev–Trinajstić information content (AvgIpc) is 3.74. The zero-order chi connectivity index (χ0) is 31.3. The lowest BCUT2D eigenvalue weighted by molar-refractivity contribution is -0.129. The lowest BCUT2D eigenvalue weighted by Gasteiger charge is -2.33. The Balaban J connectivity index is 1.62. The molecule has 0 saturated carbocycles. The number of benzene rings is 1. The minimum atomic E-state index is -0.864. The molecule has 1 aromatic carbocycles. The third-order valence-corrected chi connectivity index (χ3v) is 8.56. The van der Waals surface area contributed by atoms with Gasteiger partial charge in [-0.3, -0.25) is 14.2 Å². The lowest BCUT2D eigenvalue weighted by atomic mass is 9.97. The molecule has 0 saturated heterocycles. The van der Waals surface area contributed by atoms with E-state index in [4.69, 9.17) is 14.8 Å². The number of amides is 1. The number of ether oxygens (including phenoxy) is 1. The van der Waals surface area contributed by atoms with Gasteiger partial charge in [-0.2, -0.15) is 10.2 Å². The summed E-state index contributed by atoms with van der Waals surface area (Å²) in [5, 5.41) is 22.0. The molecular weight excluding hydrogens is 586 g/mol. The van der Waals surface area contributed by atoms with E-state index in [9.17, 15) is 14.3 Å². The van der Waals surface area contributed by atoms with Crippen molar-refractivity contribution in [3.05, 3.63) is 72.0 Å². The quantitative estimate of drug-likeness (QED) is 0.207. The zero-order valence-corrected chi connectivity index (χ0v) is 25.6. The first-order valence-electron chi connectivity index (χ1n) is 14.3. The number of aliphatic hydroxyl groups is 1. The number of fused-ring (bicyclic) bond motifs is 2. The third kappa shape index (κ3) is 5.28. The van der Waals surface area contributed by atoms with Crippen LogP contribution in [0.1, 0.15) is 39.4 Å². The Morgan fingerprint density at radius 3 is 2.73 bits per heavy atom. The van der Waals surface area contributed by atoms with E-state index in [1.54, 1.807) is 11.1 Å². The summed E-state index contributed by atoms with van der Waals surface area (Å²) in [5.74, 6) is -1.87. The molecule has 4 aromatic heterocycles. The summed E-state index contributed by atoms with van der Waals surface area (Å²) in [4.78, 5) is 19.4. The number of rotatable bonds is 8. The Hall–Kier alpha value is -4.42. The number of nitrogens with zero attached hydrogens (tertiary/aromatic N) is 6. The fourth-order valence-corrected chi connectivity index (χ4v) is 6.42. The molecule has 5 heterocycles. The Bertz CT molecular complexity index is 1890. The number of hydrogen-bond donors (Lipinski definition) is 1. The van der Waals surface area contributed by atoms with Crippen LogP contribution in [0.3, 0.4) is 0 Å². The molecule has 5 aromatic rings. The Labute approximate surface area is 257 Å². The molecule has 0 fully saturated rings. The molecule has 1 N–H and O–H groups in total. The van der Waals surface area contributed by atoms with Gasteiger partial charge in [0.15, 0.2) is 0 Å². The molecular formula is C32H32F2N6O3S. The van der Waals surface area contributed by atoms with E-state index in [-0.39, 0.29) is 35.9 Å². The molecule has 228 valence electrons. The summed E-state index contributed by atoms with van der Waals surface area (Å²) < 4.78 is 40.6. The van der Waals surface area contributed by atoms with Crippen molar-refractivity contribution in [2.24, 2.45) is 0 Å². The molecule has 1 amide bonds. The van der Waals surface area contributed by atoms with Crippen molar-refractivity contribution in [2.75, 3.05) is 6.61 Å². The van der Waals surface area contributed by atoms with Crippen LogP contribution in [0.25, 0.3) is 43.9 Å². The summed E-state index contributed by atoms with van der Waals surface area (Å²) in [6.07, 6.45) is 4.10. The first-order valence-corrected chi connectivity index (χ1v) is 15.2. The molecule has 12 heteroatoms. The molecule has 0 radical (unpaired) electrons. The number of thiophene rings is 1. The minimum Gasteiger partial charge on any atom is -0.490 e. The number of carbonyl (C=O) groups is 1. The van der Waals surface area contributed by atoms with Gasteiger partial charge in [0, 0.05) is 51.6 Å². The molecule has 1 aliphatic heterocycles. The maximum Gasteiger partial charge on any atom is 0.246 e. The van der Waals surface area contributed by atoms with Gasteiger partial charge in [0.1, 0.15) is 35.4 Å². The van der Waals surface area contributed by atoms with Gasteiger partial charge >= 0.3 is 0 Å². The highest BCUT2D eigenvalue weighted by molar-refractivity contribution is 7.18. The largest absolute Gasteiger partial charge is 0.490 e. The predicted molar refractivity (Wildman–Crippen MR) is 165 cm³/mol. The van der Waals surface area contributed by atoms with E-state index in [1.165, 1.54) is 24.3 Å². The summed E-state index contributed by atoms with van der Waals surface area (Å²) in [6, 6.07) is 5.69. The SMILES string of the molecule is C=CC(=O)N1Cc2cc(-c3nc(-c4cnn(C(C)C)c4)c4ccsc4c3-c3c(F)cc(F)cc3OC[C@@H](C)O)nn2C[C@H]1C. The molecule has 1 aliphatic rings. The monoisotopic (exact) mass is 618 g/mol. The van der Waals surface area contributed by atoms with E-state index >= 15 is 4.39 Å². The van der Waals surface area contributed by atoms with Crippen molar-refractivity contribution in [2.45, 2.75) is 59.0 Å². The maximum atomic E-state index is 15.9. The number of aliphatic hydroxyl groups excluding tert-OH is 1. The summed E-state index contributed by atoms with van der Waals surface area (Å²) >= 11 is 1.40. The first kappa shape index (κ1) is 29.6. The van der Waals surface area contributed by atoms with Crippen LogP contribution >= 0.6 is 11.3 Å². The predicted octanol–water partition coefficient (Wildman–Crippen LogP) is 6.23. The molecule has 0 aliphatic carbocycles. The van der Waals surface area contributed by atoms with E-state index in [1.807, 2.05) is 53.8 Å². The molecule has 2 atom stereocenters. The van der Waals surface area contributed by atoms with Crippen LogP contribution < -0.4 is 4.74 Å². The number of hydrogen-bond acceptors (Lipinski definition) is 7. The van der Waals surface area contributed by atoms with Crippen LogP contribution in [0, 0.1) is 11.6 Å². The van der Waals surface area contributed by atoms with Crippen LogP contribution in [-0.4, -0.2) is 59.2 Å². The molecule has 0 bridgehead atoms. The normalized spacial score (nSPS) is 15.5. The Morgan fingerprint density at radius 2 is 2.02 bits per heavy atom. The highest BCUT2D eigenvalue weighted by Crippen LogP contribution is 2.47. The van der Waals surface area contributed by atoms with Gasteiger partial charge in [0.25, 0.3) is 0 Å². The van der Waals surface area contributed by atoms with Crippen molar-refractivity contribution in [3.63, 3.8) is 0 Å². The molecule has 9 nitrogen and oxygen atoms in total. The molecule has 44 heavy (non-hydrogen) atoms. The highest BCUT2D eigenvalue weighted by Gasteiger charge is 2.30. The van der Waals surface area contributed by atoms with Gasteiger partial charge in [0.2, 0.25) is 5.91 Å². The van der Waals surface area contributed by atoms with Gasteiger partial charge in [-0.05, 0) is 51.3 Å². The standard InChI is InChI=1S/C32H32F2N6O3S/c1-6-27(42)38-15-22-11-25(37-40(22)13-18(38)4)31-29(28-24(34)9-21(33)10-26(28)43-16-19(5)41)32-23(7-8-44-32)30(36-31)20-12-35-39(14-20)17(2)3/h6-12,14,17-19,41H,1,13,15-16H2,2-5H3/t18-,19-/m1/s1. The fraction of sp³-hybridized carbons (Fsp3) is 0.312. The first-order chi connectivity index (χ1) is 21.0. The topological polar surface area (TPSA) is 98.3 Å². The number of aromatic nitrogens is 5. The van der Waals surface area contributed by atoms with Gasteiger partial charge in [-0.25, -0.2) is 13.8 Å². The van der Waals surface area contributed by atoms with Crippen LogP contribution in [0.4, 0.5) is 8.78 Å². The number of carbonyl (C=O) groups excluding carboxylic acids is 1. The number of pyridine rings is 1. The molecule has 0 spiro atoms. The van der Waals surface area contributed by atoms with Gasteiger partial charge in [0.05, 0.1) is 42.3 Å². The van der Waals surface area contributed by atoms with Crippen molar-refractivity contribution in [1.29, 1.82) is 0 Å². The molecule has 6 rings (SSSR count). The Morgan fingerprint density at radius 1 is 1.23 bits per heavy atom. The van der Waals surface area contributed by atoms with Crippen molar-refractivity contribution in [3.8, 4) is 39.5 Å². The summed E-state index contributed by atoms with van der Waals surface area (Å²) in [7, 11) is 0. The van der Waals surface area contributed by atoms with Crippen LogP contribution in [0.2, 0.25) is 0 Å². The summed E-state index contributed by atoms with van der Waals surface area (Å²) in [6.45, 7) is 11.8. The van der Waals surface area contributed by atoms with E-state index in [2.05, 4.69) is 11.7 Å². The van der Waals surface area contributed by atoms with Gasteiger partial charge < -0.3 is 14.7 Å². The van der Waals surface area contributed by atoms with E-state index in [0.717, 1.165) is 28.8 Å². The fourth-order valence-electron chi connectivity index (χ4n) is 5.47. The smallest absolute Gasteiger partial charge is 0.246 e. The second kappa shape index (κ2) is 11.6. The highest BCUT2D eigenvalue weighted by atomic mass is 32.1.